The number of fused-ring (bicyclic) bond motifs is 2. The highest BCUT2D eigenvalue weighted by atomic mass is 16.1. The maximum atomic E-state index is 12.4. The zero-order valence-electron chi connectivity index (χ0n) is 15.1. The van der Waals surface area contributed by atoms with Crippen LogP contribution >= 0.6 is 0 Å². The third kappa shape index (κ3) is 3.40. The smallest absolute Gasteiger partial charge is 0.255 e. The summed E-state index contributed by atoms with van der Waals surface area (Å²) in [5.74, 6) is -0.146. The van der Waals surface area contributed by atoms with Crippen LogP contribution in [0.2, 0.25) is 0 Å². The normalized spacial score (nSPS) is 25.0. The van der Waals surface area contributed by atoms with Gasteiger partial charge in [0.15, 0.2) is 0 Å². The van der Waals surface area contributed by atoms with Crippen LogP contribution in [0.3, 0.4) is 0 Å². The standard InChI is InChI=1S/C21H26N4O/c1-25-17-10-11-18(25)13-16(12-17)23-15-8-6-14(7-9-15)21(26)24-20-5-3-2-4-19(20)22/h2-9,16-18,23H,10-13,22H2,1H3,(H,24,26). The van der Waals surface area contributed by atoms with Gasteiger partial charge in [-0.2, -0.15) is 0 Å². The summed E-state index contributed by atoms with van der Waals surface area (Å²) in [7, 11) is 2.26. The molecule has 0 aromatic heterocycles. The van der Waals surface area contributed by atoms with E-state index in [1.165, 1.54) is 25.7 Å². The first-order valence-corrected chi connectivity index (χ1v) is 9.34. The van der Waals surface area contributed by atoms with Gasteiger partial charge in [0.1, 0.15) is 0 Å². The summed E-state index contributed by atoms with van der Waals surface area (Å²) in [6, 6.07) is 16.9. The summed E-state index contributed by atoms with van der Waals surface area (Å²) in [6.45, 7) is 0. The van der Waals surface area contributed by atoms with Gasteiger partial charge in [-0.3, -0.25) is 4.79 Å². The van der Waals surface area contributed by atoms with Crippen LogP contribution in [0.4, 0.5) is 17.1 Å². The van der Waals surface area contributed by atoms with Crippen molar-refractivity contribution in [2.45, 2.75) is 43.8 Å². The Morgan fingerprint density at radius 2 is 1.69 bits per heavy atom. The van der Waals surface area contributed by atoms with Gasteiger partial charge < -0.3 is 21.3 Å². The van der Waals surface area contributed by atoms with Crippen molar-refractivity contribution < 1.29 is 4.79 Å². The fourth-order valence-electron chi connectivity index (χ4n) is 4.29. The third-order valence-corrected chi connectivity index (χ3v) is 5.83. The van der Waals surface area contributed by atoms with Crippen molar-refractivity contribution in [2.75, 3.05) is 23.4 Å². The van der Waals surface area contributed by atoms with Crippen molar-refractivity contribution in [3.05, 3.63) is 54.1 Å². The van der Waals surface area contributed by atoms with Gasteiger partial charge in [0.05, 0.1) is 11.4 Å². The van der Waals surface area contributed by atoms with Crippen LogP contribution in [0.1, 0.15) is 36.0 Å². The Hall–Kier alpha value is -2.53. The van der Waals surface area contributed by atoms with Gasteiger partial charge in [0.25, 0.3) is 5.91 Å². The lowest BCUT2D eigenvalue weighted by Gasteiger charge is -2.37. The maximum Gasteiger partial charge on any atom is 0.255 e. The van der Waals surface area contributed by atoms with Gasteiger partial charge in [-0.15, -0.1) is 0 Å². The van der Waals surface area contributed by atoms with E-state index < -0.39 is 0 Å². The number of carbonyl (C=O) groups excluding carboxylic acids is 1. The van der Waals surface area contributed by atoms with Crippen molar-refractivity contribution >= 4 is 23.0 Å². The van der Waals surface area contributed by atoms with Gasteiger partial charge in [-0.25, -0.2) is 0 Å². The van der Waals surface area contributed by atoms with Crippen molar-refractivity contribution in [3.63, 3.8) is 0 Å². The number of nitrogens with two attached hydrogens (primary N) is 1. The molecule has 2 aliphatic heterocycles. The molecule has 2 saturated heterocycles. The lowest BCUT2D eigenvalue weighted by molar-refractivity contribution is 0.102. The molecule has 0 saturated carbocycles. The third-order valence-electron chi connectivity index (χ3n) is 5.83. The van der Waals surface area contributed by atoms with Crippen LogP contribution in [-0.2, 0) is 0 Å². The lowest BCUT2D eigenvalue weighted by atomic mass is 9.97. The molecule has 0 aliphatic carbocycles. The molecule has 2 fully saturated rings. The first-order valence-electron chi connectivity index (χ1n) is 9.34. The second-order valence-electron chi connectivity index (χ2n) is 7.48. The molecular weight excluding hydrogens is 324 g/mol. The van der Waals surface area contributed by atoms with Crippen LogP contribution in [-0.4, -0.2) is 36.0 Å². The molecule has 5 heteroatoms. The number of hydrogen-bond donors (Lipinski definition) is 3. The number of rotatable bonds is 4. The average molecular weight is 350 g/mol. The molecular formula is C21H26N4O. The Labute approximate surface area is 154 Å². The molecule has 26 heavy (non-hydrogen) atoms. The summed E-state index contributed by atoms with van der Waals surface area (Å²) in [4.78, 5) is 14.9. The van der Waals surface area contributed by atoms with E-state index in [1.807, 2.05) is 36.4 Å². The van der Waals surface area contributed by atoms with Gasteiger partial charge in [0.2, 0.25) is 0 Å². The molecule has 4 N–H and O–H groups in total. The van der Waals surface area contributed by atoms with E-state index in [0.717, 1.165) is 5.69 Å². The number of carbonyl (C=O) groups is 1. The van der Waals surface area contributed by atoms with Crippen LogP contribution in [0.25, 0.3) is 0 Å². The monoisotopic (exact) mass is 350 g/mol. The van der Waals surface area contributed by atoms with E-state index in [4.69, 9.17) is 5.73 Å². The number of hydrogen-bond acceptors (Lipinski definition) is 4. The maximum absolute atomic E-state index is 12.4. The summed E-state index contributed by atoms with van der Waals surface area (Å²) in [5.41, 5.74) is 8.80. The number of nitrogen functional groups attached to an aromatic ring is 1. The summed E-state index contributed by atoms with van der Waals surface area (Å²) >= 11 is 0. The Kier molecular flexibility index (Phi) is 4.55. The molecule has 1 amide bonds. The van der Waals surface area contributed by atoms with E-state index in [0.29, 0.717) is 35.1 Å². The molecule has 2 unspecified atom stereocenters. The van der Waals surface area contributed by atoms with Crippen LogP contribution in [0.15, 0.2) is 48.5 Å². The van der Waals surface area contributed by atoms with Gasteiger partial charge in [-0.05, 0) is 69.1 Å². The predicted molar refractivity (Wildman–Crippen MR) is 106 cm³/mol. The molecule has 2 atom stereocenters. The molecule has 136 valence electrons. The molecule has 5 nitrogen and oxygen atoms in total. The van der Waals surface area contributed by atoms with E-state index in [9.17, 15) is 4.79 Å². The largest absolute Gasteiger partial charge is 0.397 e. The first-order chi connectivity index (χ1) is 12.6. The van der Waals surface area contributed by atoms with Crippen molar-refractivity contribution in [1.29, 1.82) is 0 Å². The first kappa shape index (κ1) is 16.9. The molecule has 2 bridgehead atoms. The minimum absolute atomic E-state index is 0.146. The van der Waals surface area contributed by atoms with Crippen LogP contribution in [0.5, 0.6) is 0 Å². The molecule has 2 aromatic rings. The number of anilines is 3. The highest BCUT2D eigenvalue weighted by molar-refractivity contribution is 6.05. The van der Waals surface area contributed by atoms with Crippen molar-refractivity contribution in [1.82, 2.24) is 4.90 Å². The van der Waals surface area contributed by atoms with Crippen molar-refractivity contribution in [3.8, 4) is 0 Å². The number of piperidine rings is 1. The lowest BCUT2D eigenvalue weighted by Crippen LogP contribution is -2.44. The highest BCUT2D eigenvalue weighted by Crippen LogP contribution is 2.35. The molecule has 0 radical (unpaired) electrons. The zero-order chi connectivity index (χ0) is 18.1. The Morgan fingerprint density at radius 3 is 2.35 bits per heavy atom. The fourth-order valence-corrected chi connectivity index (χ4v) is 4.29. The Bertz CT molecular complexity index is 775. The number of benzene rings is 2. The SMILES string of the molecule is CN1C2CCC1CC(Nc1ccc(C(=O)Nc3ccccc3N)cc1)C2. The highest BCUT2D eigenvalue weighted by Gasteiger charge is 2.38. The molecule has 4 rings (SSSR count). The molecule has 2 heterocycles. The second-order valence-corrected chi connectivity index (χ2v) is 7.48. The minimum atomic E-state index is -0.146. The summed E-state index contributed by atoms with van der Waals surface area (Å²) < 4.78 is 0. The van der Waals surface area contributed by atoms with E-state index >= 15 is 0 Å². The zero-order valence-corrected chi connectivity index (χ0v) is 15.1. The minimum Gasteiger partial charge on any atom is -0.397 e. The predicted octanol–water partition coefficient (Wildman–Crippen LogP) is 3.56. The number of nitrogens with one attached hydrogen (secondary N) is 2. The molecule has 2 aliphatic rings. The summed E-state index contributed by atoms with van der Waals surface area (Å²) in [5, 5.41) is 6.51. The van der Waals surface area contributed by atoms with Gasteiger partial charge in [0, 0.05) is 29.4 Å². The Morgan fingerprint density at radius 1 is 1.04 bits per heavy atom. The molecule has 0 spiro atoms. The number of amides is 1. The fraction of sp³-hybridized carbons (Fsp3) is 0.381. The summed E-state index contributed by atoms with van der Waals surface area (Å²) in [6.07, 6.45) is 5.03. The van der Waals surface area contributed by atoms with Crippen LogP contribution in [0, 0.1) is 0 Å². The van der Waals surface area contributed by atoms with Gasteiger partial charge >= 0.3 is 0 Å². The van der Waals surface area contributed by atoms with Crippen molar-refractivity contribution in [2.24, 2.45) is 0 Å². The van der Waals surface area contributed by atoms with Gasteiger partial charge in [-0.1, -0.05) is 12.1 Å². The van der Waals surface area contributed by atoms with Crippen LogP contribution < -0.4 is 16.4 Å². The second kappa shape index (κ2) is 7.00. The molecule has 2 aromatic carbocycles. The van der Waals surface area contributed by atoms with E-state index in [2.05, 4.69) is 22.6 Å². The number of para-hydroxylation sites is 2. The number of nitrogens with zero attached hydrogens (tertiary/aromatic N) is 1. The topological polar surface area (TPSA) is 70.4 Å². The van der Waals surface area contributed by atoms with E-state index in [1.54, 1.807) is 12.1 Å². The Balaban J connectivity index is 1.38. The average Bonchev–Trinajstić information content (AvgIpc) is 2.85. The quantitative estimate of drug-likeness (QED) is 0.738. The van der Waals surface area contributed by atoms with E-state index in [-0.39, 0.29) is 5.91 Å².